The lowest BCUT2D eigenvalue weighted by atomic mass is 10.3. The zero-order valence-electron chi connectivity index (χ0n) is 7.86. The molecular weight excluding hydrogens is 227 g/mol. The predicted molar refractivity (Wildman–Crippen MR) is 45.5 cm³/mol. The van der Waals surface area contributed by atoms with E-state index in [-0.39, 0.29) is 6.61 Å². The van der Waals surface area contributed by atoms with E-state index in [4.69, 9.17) is 0 Å². The Morgan fingerprint density at radius 2 is 2.31 bits per heavy atom. The van der Waals surface area contributed by atoms with Gasteiger partial charge in [0.15, 0.2) is 11.6 Å². The Bertz CT molecular complexity index is 429. The Hall–Kier alpha value is -1.86. The van der Waals surface area contributed by atoms with Gasteiger partial charge >= 0.3 is 12.2 Å². The third-order valence-electron chi connectivity index (χ3n) is 2.06. The average molecular weight is 233 g/mol. The summed E-state index contributed by atoms with van der Waals surface area (Å²) in [6.07, 6.45) is -1.59. The number of ether oxygens (including phenoxy) is 1. The van der Waals surface area contributed by atoms with Crippen molar-refractivity contribution in [3.05, 3.63) is 18.1 Å². The molecule has 1 fully saturated rings. The zero-order chi connectivity index (χ0) is 11.7. The van der Waals surface area contributed by atoms with Gasteiger partial charge in [0.1, 0.15) is 19.3 Å². The predicted octanol–water partition coefficient (Wildman–Crippen LogP) is 1.05. The number of halogens is 3. The molecule has 0 aromatic carbocycles. The minimum Gasteiger partial charge on any atom is -0.447 e. The van der Waals surface area contributed by atoms with Crippen molar-refractivity contribution in [1.82, 2.24) is 9.97 Å². The van der Waals surface area contributed by atoms with E-state index in [1.54, 1.807) is 0 Å². The Balaban J connectivity index is 2.41. The van der Waals surface area contributed by atoms with E-state index in [0.29, 0.717) is 11.1 Å². The first-order chi connectivity index (χ1) is 7.63. The lowest BCUT2D eigenvalue weighted by Gasteiger charge is -2.17. The van der Waals surface area contributed by atoms with Gasteiger partial charge in [0.05, 0.1) is 6.20 Å². The van der Waals surface area contributed by atoms with Crippen molar-refractivity contribution in [2.75, 3.05) is 18.2 Å². The minimum atomic E-state index is -1.20. The first-order valence-corrected chi connectivity index (χ1v) is 4.33. The lowest BCUT2D eigenvalue weighted by Crippen LogP contribution is -2.36. The molecule has 1 unspecified atom stereocenters. The first kappa shape index (κ1) is 10.7. The van der Waals surface area contributed by atoms with Gasteiger partial charge < -0.3 is 4.74 Å². The second kappa shape index (κ2) is 3.95. The van der Waals surface area contributed by atoms with E-state index in [1.807, 2.05) is 0 Å². The SMILES string of the molecule is O=C1OCC(CF)N1c1nc(F)ncc1F. The summed E-state index contributed by atoms with van der Waals surface area (Å²) in [4.78, 5) is 17.9. The third-order valence-corrected chi connectivity index (χ3v) is 2.06. The van der Waals surface area contributed by atoms with Crippen molar-refractivity contribution in [3.8, 4) is 0 Å². The minimum absolute atomic E-state index is 0.222. The van der Waals surface area contributed by atoms with Crippen molar-refractivity contribution in [3.63, 3.8) is 0 Å². The molecule has 0 aliphatic carbocycles. The van der Waals surface area contributed by atoms with Crippen LogP contribution in [0.1, 0.15) is 0 Å². The van der Waals surface area contributed by atoms with Crippen LogP contribution < -0.4 is 4.90 Å². The molecule has 86 valence electrons. The molecule has 8 heteroatoms. The van der Waals surface area contributed by atoms with Crippen LogP contribution in [0.4, 0.5) is 23.8 Å². The van der Waals surface area contributed by atoms with E-state index in [2.05, 4.69) is 14.7 Å². The number of carbonyl (C=O) groups excluding carboxylic acids is 1. The number of carbonyl (C=O) groups is 1. The number of alkyl halides is 1. The van der Waals surface area contributed by atoms with E-state index in [9.17, 15) is 18.0 Å². The Morgan fingerprint density at radius 3 is 3.00 bits per heavy atom. The van der Waals surface area contributed by atoms with Crippen molar-refractivity contribution >= 4 is 11.9 Å². The van der Waals surface area contributed by atoms with Gasteiger partial charge in [-0.2, -0.15) is 9.37 Å². The van der Waals surface area contributed by atoms with Gasteiger partial charge in [-0.1, -0.05) is 0 Å². The summed E-state index contributed by atoms with van der Waals surface area (Å²) in [5, 5.41) is 0. The maximum absolute atomic E-state index is 13.2. The van der Waals surface area contributed by atoms with Crippen LogP contribution in [-0.4, -0.2) is 35.4 Å². The molecule has 0 spiro atoms. The second-order valence-corrected chi connectivity index (χ2v) is 3.07. The number of hydrogen-bond acceptors (Lipinski definition) is 4. The molecule has 1 aromatic rings. The van der Waals surface area contributed by atoms with Crippen LogP contribution in [0.2, 0.25) is 0 Å². The number of amides is 1. The number of aromatic nitrogens is 2. The largest absolute Gasteiger partial charge is 0.447 e. The highest BCUT2D eigenvalue weighted by atomic mass is 19.1. The van der Waals surface area contributed by atoms with Crippen LogP contribution in [0.25, 0.3) is 0 Å². The fourth-order valence-electron chi connectivity index (χ4n) is 1.34. The number of anilines is 1. The maximum Gasteiger partial charge on any atom is 0.416 e. The van der Waals surface area contributed by atoms with Crippen LogP contribution in [-0.2, 0) is 4.74 Å². The maximum atomic E-state index is 13.2. The molecule has 1 atom stereocenters. The zero-order valence-corrected chi connectivity index (χ0v) is 7.86. The van der Waals surface area contributed by atoms with Gasteiger partial charge in [-0.3, -0.25) is 0 Å². The van der Waals surface area contributed by atoms with Crippen LogP contribution >= 0.6 is 0 Å². The molecule has 0 N–H and O–H groups in total. The van der Waals surface area contributed by atoms with Crippen LogP contribution in [0.5, 0.6) is 0 Å². The smallest absolute Gasteiger partial charge is 0.416 e. The van der Waals surface area contributed by atoms with Crippen molar-refractivity contribution in [2.45, 2.75) is 6.04 Å². The van der Waals surface area contributed by atoms with Crippen molar-refractivity contribution in [1.29, 1.82) is 0 Å². The molecule has 1 aliphatic heterocycles. The molecule has 0 radical (unpaired) electrons. The molecule has 5 nitrogen and oxygen atoms in total. The topological polar surface area (TPSA) is 55.3 Å². The summed E-state index contributed by atoms with van der Waals surface area (Å²) < 4.78 is 43.0. The summed E-state index contributed by atoms with van der Waals surface area (Å²) in [7, 11) is 0. The van der Waals surface area contributed by atoms with Crippen LogP contribution in [0.15, 0.2) is 6.20 Å². The first-order valence-electron chi connectivity index (χ1n) is 4.33. The van der Waals surface area contributed by atoms with Gasteiger partial charge in [-0.05, 0) is 0 Å². The highest BCUT2D eigenvalue weighted by Gasteiger charge is 2.37. The summed E-state index contributed by atoms with van der Waals surface area (Å²) in [5.74, 6) is -1.63. The lowest BCUT2D eigenvalue weighted by molar-refractivity contribution is 0.177. The van der Waals surface area contributed by atoms with Gasteiger partial charge in [0.2, 0.25) is 0 Å². The molecule has 16 heavy (non-hydrogen) atoms. The second-order valence-electron chi connectivity index (χ2n) is 3.07. The van der Waals surface area contributed by atoms with E-state index >= 15 is 0 Å². The van der Waals surface area contributed by atoms with E-state index in [0.717, 1.165) is 0 Å². The quantitative estimate of drug-likeness (QED) is 0.716. The monoisotopic (exact) mass is 233 g/mol. The van der Waals surface area contributed by atoms with Gasteiger partial charge in [-0.15, -0.1) is 0 Å². The highest BCUT2D eigenvalue weighted by Crippen LogP contribution is 2.23. The van der Waals surface area contributed by atoms with Gasteiger partial charge in [0.25, 0.3) is 0 Å². The summed E-state index contributed by atoms with van der Waals surface area (Å²) >= 11 is 0. The Labute approximate surface area is 87.9 Å². The van der Waals surface area contributed by atoms with Crippen LogP contribution in [0, 0.1) is 11.9 Å². The van der Waals surface area contributed by atoms with E-state index in [1.165, 1.54) is 0 Å². The van der Waals surface area contributed by atoms with Crippen molar-refractivity contribution in [2.24, 2.45) is 0 Å². The summed E-state index contributed by atoms with van der Waals surface area (Å²) in [6, 6.07) is -0.990. The number of rotatable bonds is 2. The van der Waals surface area contributed by atoms with Crippen LogP contribution in [0.3, 0.4) is 0 Å². The molecule has 1 aromatic heterocycles. The number of hydrogen-bond donors (Lipinski definition) is 0. The average Bonchev–Trinajstić information content (AvgIpc) is 2.63. The molecular formula is C8H6F3N3O2. The van der Waals surface area contributed by atoms with Gasteiger partial charge in [0, 0.05) is 0 Å². The fourth-order valence-corrected chi connectivity index (χ4v) is 1.34. The Kier molecular flexibility index (Phi) is 2.63. The summed E-state index contributed by atoms with van der Waals surface area (Å²) in [5.41, 5.74) is 0. The fraction of sp³-hybridized carbons (Fsp3) is 0.375. The number of nitrogens with zero attached hydrogens (tertiary/aromatic N) is 3. The van der Waals surface area contributed by atoms with E-state index < -0.39 is 36.5 Å². The van der Waals surface area contributed by atoms with Crippen molar-refractivity contribution < 1.29 is 22.7 Å². The summed E-state index contributed by atoms with van der Waals surface area (Å²) in [6.45, 7) is -1.16. The van der Waals surface area contributed by atoms with Gasteiger partial charge in [-0.25, -0.2) is 23.5 Å². The standard InChI is InChI=1S/C8H6F3N3O2/c9-1-4-3-16-8(15)14(4)6-5(10)2-12-7(11)13-6/h2,4H,1,3H2. The Morgan fingerprint density at radius 1 is 1.56 bits per heavy atom. The third kappa shape index (κ3) is 1.66. The normalized spacial score (nSPS) is 20.1. The molecule has 1 saturated heterocycles. The highest BCUT2D eigenvalue weighted by molar-refractivity contribution is 5.89. The number of cyclic esters (lactones) is 1. The molecule has 2 heterocycles. The molecule has 0 bridgehead atoms. The molecule has 1 aliphatic rings. The molecule has 1 amide bonds. The molecule has 0 saturated carbocycles. The molecule has 2 rings (SSSR count).